The second kappa shape index (κ2) is 7.54. The third kappa shape index (κ3) is 4.65. The van der Waals surface area contributed by atoms with E-state index in [1.165, 1.54) is 25.5 Å². The zero-order valence-electron chi connectivity index (χ0n) is 12.1. The smallest absolute Gasteiger partial charge is 0.289 e. The Labute approximate surface area is 140 Å². The summed E-state index contributed by atoms with van der Waals surface area (Å²) in [6, 6.07) is 6.23. The lowest BCUT2D eigenvalue weighted by molar-refractivity contribution is -0.122. The summed E-state index contributed by atoms with van der Waals surface area (Å²) in [6.45, 7) is -0.246. The topological polar surface area (TPSA) is 105 Å². The Morgan fingerprint density at radius 3 is 2.65 bits per heavy atom. The molecule has 9 heteroatoms. The Kier molecular flexibility index (Phi) is 5.47. The second-order valence-corrected chi connectivity index (χ2v) is 5.29. The standard InChI is InChI=1S/C14H13BrN4O4/c1-19(14(22)10-4-5-11(15)23-10)8-12(20)17-18-13(21)9-3-2-6-16-7-9/h2-7H,8H2,1H3,(H,17,20)(H,18,21). The molecule has 8 nitrogen and oxygen atoms in total. The summed E-state index contributed by atoms with van der Waals surface area (Å²) in [5, 5.41) is 0. The van der Waals surface area contributed by atoms with Crippen LogP contribution in [-0.4, -0.2) is 41.2 Å². The van der Waals surface area contributed by atoms with E-state index in [9.17, 15) is 14.4 Å². The largest absolute Gasteiger partial charge is 0.444 e. The number of likely N-dealkylation sites (N-methyl/N-ethyl adjacent to an activating group) is 1. The first-order valence-electron chi connectivity index (χ1n) is 6.47. The molecule has 2 aromatic heterocycles. The van der Waals surface area contributed by atoms with Gasteiger partial charge in [0.2, 0.25) is 0 Å². The third-order valence-electron chi connectivity index (χ3n) is 2.75. The van der Waals surface area contributed by atoms with Crippen molar-refractivity contribution in [2.24, 2.45) is 0 Å². The van der Waals surface area contributed by atoms with Gasteiger partial charge in [0.05, 0.1) is 5.56 Å². The molecule has 0 bridgehead atoms. The molecule has 3 amide bonds. The van der Waals surface area contributed by atoms with E-state index in [2.05, 4.69) is 31.8 Å². The highest BCUT2D eigenvalue weighted by Gasteiger charge is 2.18. The number of halogens is 1. The average molecular weight is 381 g/mol. The molecule has 0 aliphatic carbocycles. The Morgan fingerprint density at radius 2 is 2.04 bits per heavy atom. The van der Waals surface area contributed by atoms with E-state index in [0.29, 0.717) is 10.2 Å². The molecule has 0 saturated carbocycles. The van der Waals surface area contributed by atoms with Crippen molar-refractivity contribution in [1.82, 2.24) is 20.7 Å². The van der Waals surface area contributed by atoms with Crippen LogP contribution in [0.3, 0.4) is 0 Å². The zero-order valence-corrected chi connectivity index (χ0v) is 13.7. The van der Waals surface area contributed by atoms with Crippen molar-refractivity contribution in [1.29, 1.82) is 0 Å². The maximum atomic E-state index is 12.0. The molecule has 0 radical (unpaired) electrons. The van der Waals surface area contributed by atoms with E-state index in [0.717, 1.165) is 4.90 Å². The fraction of sp³-hybridized carbons (Fsp3) is 0.143. The molecule has 120 valence electrons. The van der Waals surface area contributed by atoms with Gasteiger partial charge in [0, 0.05) is 19.4 Å². The number of aromatic nitrogens is 1. The Hall–Kier alpha value is -2.68. The lowest BCUT2D eigenvalue weighted by atomic mass is 10.3. The lowest BCUT2D eigenvalue weighted by Gasteiger charge is -2.15. The fourth-order valence-corrected chi connectivity index (χ4v) is 1.95. The van der Waals surface area contributed by atoms with E-state index in [1.807, 2.05) is 0 Å². The fourth-order valence-electron chi connectivity index (χ4n) is 1.64. The molecule has 2 aromatic rings. The molecule has 0 aliphatic heterocycles. The summed E-state index contributed by atoms with van der Waals surface area (Å²) in [5.74, 6) is -1.41. The average Bonchev–Trinajstić information content (AvgIpc) is 2.99. The van der Waals surface area contributed by atoms with Gasteiger partial charge in [0.1, 0.15) is 6.54 Å². The number of hydrazine groups is 1. The van der Waals surface area contributed by atoms with Crippen molar-refractivity contribution in [3.05, 3.63) is 52.7 Å². The molecule has 0 aliphatic rings. The number of nitrogens with one attached hydrogen (secondary N) is 2. The summed E-state index contributed by atoms with van der Waals surface area (Å²) >= 11 is 3.09. The molecule has 2 rings (SSSR count). The van der Waals surface area contributed by atoms with Gasteiger partial charge in [-0.15, -0.1) is 0 Å². The van der Waals surface area contributed by atoms with Crippen molar-refractivity contribution in [2.75, 3.05) is 13.6 Å². The highest BCUT2D eigenvalue weighted by molar-refractivity contribution is 9.10. The van der Waals surface area contributed by atoms with Crippen LogP contribution in [0.25, 0.3) is 0 Å². The SMILES string of the molecule is CN(CC(=O)NNC(=O)c1cccnc1)C(=O)c1ccc(Br)o1. The first-order chi connectivity index (χ1) is 11.0. The quantitative estimate of drug-likeness (QED) is 0.768. The minimum atomic E-state index is -0.552. The van der Waals surface area contributed by atoms with Gasteiger partial charge < -0.3 is 9.32 Å². The minimum Gasteiger partial charge on any atom is -0.444 e. The number of pyridine rings is 1. The Morgan fingerprint density at radius 1 is 1.26 bits per heavy atom. The van der Waals surface area contributed by atoms with Crippen LogP contribution in [0.1, 0.15) is 20.9 Å². The van der Waals surface area contributed by atoms with Crippen LogP contribution in [0.5, 0.6) is 0 Å². The van der Waals surface area contributed by atoms with Crippen LogP contribution in [0, 0.1) is 0 Å². The summed E-state index contributed by atoms with van der Waals surface area (Å²) in [7, 11) is 1.45. The summed E-state index contributed by atoms with van der Waals surface area (Å²) in [5.41, 5.74) is 4.77. The third-order valence-corrected chi connectivity index (χ3v) is 3.18. The molecule has 2 N–H and O–H groups in total. The number of carbonyl (C=O) groups is 3. The normalized spacial score (nSPS) is 10.0. The van der Waals surface area contributed by atoms with Crippen LogP contribution in [0.15, 0.2) is 45.7 Å². The Bertz CT molecular complexity index is 717. The maximum absolute atomic E-state index is 12.0. The van der Waals surface area contributed by atoms with Crippen molar-refractivity contribution in [2.45, 2.75) is 0 Å². The number of carbonyl (C=O) groups excluding carboxylic acids is 3. The van der Waals surface area contributed by atoms with Crippen LogP contribution in [0.4, 0.5) is 0 Å². The van der Waals surface area contributed by atoms with Gasteiger partial charge in [0.25, 0.3) is 17.7 Å². The number of amides is 3. The van der Waals surface area contributed by atoms with Crippen molar-refractivity contribution in [3.63, 3.8) is 0 Å². The van der Waals surface area contributed by atoms with Crippen LogP contribution >= 0.6 is 15.9 Å². The molecule has 0 aromatic carbocycles. The maximum Gasteiger partial charge on any atom is 0.289 e. The Balaban J connectivity index is 1.82. The van der Waals surface area contributed by atoms with E-state index < -0.39 is 17.7 Å². The number of hydrogen-bond donors (Lipinski definition) is 2. The highest BCUT2D eigenvalue weighted by Crippen LogP contribution is 2.15. The zero-order chi connectivity index (χ0) is 16.8. The second-order valence-electron chi connectivity index (χ2n) is 4.51. The van der Waals surface area contributed by atoms with E-state index in [4.69, 9.17) is 4.42 Å². The van der Waals surface area contributed by atoms with Crippen molar-refractivity contribution in [3.8, 4) is 0 Å². The molecule has 0 unspecified atom stereocenters. The number of rotatable bonds is 4. The molecule has 0 saturated heterocycles. The molecule has 23 heavy (non-hydrogen) atoms. The van der Waals surface area contributed by atoms with Gasteiger partial charge >= 0.3 is 0 Å². The summed E-state index contributed by atoms with van der Waals surface area (Å²) in [6.07, 6.45) is 2.90. The number of furan rings is 1. The lowest BCUT2D eigenvalue weighted by Crippen LogP contribution is -2.46. The van der Waals surface area contributed by atoms with Crippen LogP contribution < -0.4 is 10.9 Å². The summed E-state index contributed by atoms with van der Waals surface area (Å²) in [4.78, 5) is 40.4. The van der Waals surface area contributed by atoms with Gasteiger partial charge in [-0.3, -0.25) is 30.2 Å². The molecule has 0 spiro atoms. The van der Waals surface area contributed by atoms with E-state index in [-0.39, 0.29) is 12.3 Å². The molecular formula is C14H13BrN4O4. The van der Waals surface area contributed by atoms with Gasteiger partial charge in [-0.25, -0.2) is 0 Å². The first kappa shape index (κ1) is 16.7. The minimum absolute atomic E-state index is 0.103. The van der Waals surface area contributed by atoms with Gasteiger partial charge in [-0.05, 0) is 40.2 Å². The number of hydrogen-bond acceptors (Lipinski definition) is 5. The molecule has 2 heterocycles. The van der Waals surface area contributed by atoms with Gasteiger partial charge in [-0.2, -0.15) is 0 Å². The van der Waals surface area contributed by atoms with Crippen molar-refractivity contribution < 1.29 is 18.8 Å². The first-order valence-corrected chi connectivity index (χ1v) is 7.26. The summed E-state index contributed by atoms with van der Waals surface area (Å²) < 4.78 is 5.54. The van der Waals surface area contributed by atoms with Crippen LogP contribution in [0.2, 0.25) is 0 Å². The molecular weight excluding hydrogens is 368 g/mol. The van der Waals surface area contributed by atoms with Gasteiger partial charge in [-0.1, -0.05) is 0 Å². The molecule has 0 fully saturated rings. The van der Waals surface area contributed by atoms with Gasteiger partial charge in [0.15, 0.2) is 10.4 Å². The molecule has 0 atom stereocenters. The monoisotopic (exact) mass is 380 g/mol. The van der Waals surface area contributed by atoms with Crippen LogP contribution in [-0.2, 0) is 4.79 Å². The highest BCUT2D eigenvalue weighted by atomic mass is 79.9. The number of nitrogens with zero attached hydrogens (tertiary/aromatic N) is 2. The predicted octanol–water partition coefficient (Wildman–Crippen LogP) is 0.970. The van der Waals surface area contributed by atoms with E-state index in [1.54, 1.807) is 18.2 Å². The predicted molar refractivity (Wildman–Crippen MR) is 83.2 cm³/mol. The van der Waals surface area contributed by atoms with E-state index >= 15 is 0 Å². The van der Waals surface area contributed by atoms with Crippen molar-refractivity contribution >= 4 is 33.7 Å².